The quantitative estimate of drug-likeness (QED) is 0.619. The highest BCUT2D eigenvalue weighted by atomic mass is 32.1. The molecular formula is C15H21NO3S. The first-order valence-electron chi connectivity index (χ1n) is 6.75. The molecule has 0 bridgehead atoms. The number of rotatable bonds is 7. The van der Waals surface area contributed by atoms with Crippen molar-refractivity contribution in [2.24, 2.45) is 11.1 Å². The molecule has 20 heavy (non-hydrogen) atoms. The molecule has 0 saturated carbocycles. The van der Waals surface area contributed by atoms with Gasteiger partial charge >= 0.3 is 0 Å². The largest absolute Gasteiger partial charge is 0.454 e. The first-order valence-corrected chi connectivity index (χ1v) is 7.16. The molecule has 0 atom stereocenters. The molecule has 0 unspecified atom stereocenters. The maximum Gasteiger partial charge on any atom is 0.231 e. The standard InChI is InChI=1S/C15H21NO3S/c1-15(2,14(16)20)6-3-7-17-9-11-4-5-12-13(8-11)19-10-18-12/h4-5,8H,3,6-7,9-10H2,1-2H3,(H2,16,20). The summed E-state index contributed by atoms with van der Waals surface area (Å²) in [5.74, 6) is 1.59. The van der Waals surface area contributed by atoms with Crippen LogP contribution in [0.2, 0.25) is 0 Å². The van der Waals surface area contributed by atoms with Gasteiger partial charge in [0.15, 0.2) is 11.5 Å². The van der Waals surface area contributed by atoms with Gasteiger partial charge in [0.2, 0.25) is 6.79 Å². The first kappa shape index (κ1) is 15.1. The fourth-order valence-corrected chi connectivity index (χ4v) is 2.06. The molecule has 0 aliphatic carbocycles. The highest BCUT2D eigenvalue weighted by Gasteiger charge is 2.20. The third-order valence-corrected chi connectivity index (χ3v) is 4.02. The van der Waals surface area contributed by atoms with E-state index in [-0.39, 0.29) is 5.41 Å². The van der Waals surface area contributed by atoms with Gasteiger partial charge in [0.1, 0.15) is 0 Å². The summed E-state index contributed by atoms with van der Waals surface area (Å²) in [6, 6.07) is 5.87. The molecule has 4 nitrogen and oxygen atoms in total. The minimum atomic E-state index is -0.0998. The number of fused-ring (bicyclic) bond motifs is 1. The predicted molar refractivity (Wildman–Crippen MR) is 82.0 cm³/mol. The Balaban J connectivity index is 1.70. The molecule has 0 aromatic heterocycles. The van der Waals surface area contributed by atoms with Crippen molar-refractivity contribution in [3.05, 3.63) is 23.8 Å². The van der Waals surface area contributed by atoms with Gasteiger partial charge in [-0.3, -0.25) is 0 Å². The van der Waals surface area contributed by atoms with Crippen molar-refractivity contribution in [1.29, 1.82) is 0 Å². The SMILES string of the molecule is CC(C)(CCCOCc1ccc2c(c1)OCO2)C(N)=S. The van der Waals surface area contributed by atoms with E-state index in [1.54, 1.807) is 0 Å². The molecule has 2 rings (SSSR count). The van der Waals surface area contributed by atoms with Gasteiger partial charge in [-0.2, -0.15) is 0 Å². The molecule has 1 aromatic rings. The van der Waals surface area contributed by atoms with Crippen LogP contribution in [0.4, 0.5) is 0 Å². The zero-order valence-corrected chi connectivity index (χ0v) is 12.8. The summed E-state index contributed by atoms with van der Waals surface area (Å²) in [5.41, 5.74) is 6.68. The van der Waals surface area contributed by atoms with Crippen LogP contribution in [0, 0.1) is 5.41 Å². The second kappa shape index (κ2) is 6.41. The Morgan fingerprint density at radius 2 is 2.10 bits per heavy atom. The van der Waals surface area contributed by atoms with Crippen molar-refractivity contribution in [2.75, 3.05) is 13.4 Å². The maximum absolute atomic E-state index is 5.69. The molecule has 0 saturated heterocycles. The molecule has 1 aliphatic heterocycles. The van der Waals surface area contributed by atoms with E-state index >= 15 is 0 Å². The number of hydrogen-bond acceptors (Lipinski definition) is 4. The van der Waals surface area contributed by atoms with Crippen LogP contribution in [0.5, 0.6) is 11.5 Å². The third kappa shape index (κ3) is 3.84. The van der Waals surface area contributed by atoms with Crippen LogP contribution in [0.3, 0.4) is 0 Å². The summed E-state index contributed by atoms with van der Waals surface area (Å²) < 4.78 is 16.3. The Labute approximate surface area is 125 Å². The van der Waals surface area contributed by atoms with Crippen molar-refractivity contribution < 1.29 is 14.2 Å². The van der Waals surface area contributed by atoms with Gasteiger partial charge in [-0.15, -0.1) is 0 Å². The van der Waals surface area contributed by atoms with Gasteiger partial charge in [0.05, 0.1) is 11.6 Å². The summed E-state index contributed by atoms with van der Waals surface area (Å²) >= 11 is 5.04. The number of benzene rings is 1. The fourth-order valence-electron chi connectivity index (χ4n) is 1.96. The van der Waals surface area contributed by atoms with E-state index in [2.05, 4.69) is 13.8 Å². The van der Waals surface area contributed by atoms with Crippen LogP contribution in [-0.4, -0.2) is 18.4 Å². The molecular weight excluding hydrogens is 274 g/mol. The lowest BCUT2D eigenvalue weighted by Crippen LogP contribution is -2.29. The number of ether oxygens (including phenoxy) is 3. The van der Waals surface area contributed by atoms with Crippen LogP contribution in [0.25, 0.3) is 0 Å². The molecule has 110 valence electrons. The zero-order chi connectivity index (χ0) is 14.6. The Morgan fingerprint density at radius 1 is 1.35 bits per heavy atom. The van der Waals surface area contributed by atoms with E-state index in [1.165, 1.54) is 0 Å². The van der Waals surface area contributed by atoms with E-state index < -0.39 is 0 Å². The lowest BCUT2D eigenvalue weighted by Gasteiger charge is -2.22. The molecule has 1 aromatic carbocycles. The van der Waals surface area contributed by atoms with Crippen LogP contribution in [0.15, 0.2) is 18.2 Å². The van der Waals surface area contributed by atoms with Crippen LogP contribution in [-0.2, 0) is 11.3 Å². The lowest BCUT2D eigenvalue weighted by molar-refractivity contribution is 0.112. The molecule has 2 N–H and O–H groups in total. The molecule has 1 aliphatic rings. The zero-order valence-electron chi connectivity index (χ0n) is 12.0. The Bertz CT molecular complexity index is 488. The summed E-state index contributed by atoms with van der Waals surface area (Å²) in [6.45, 7) is 5.69. The van der Waals surface area contributed by atoms with E-state index in [0.717, 1.165) is 29.9 Å². The predicted octanol–water partition coefficient (Wildman–Crippen LogP) is 3.02. The van der Waals surface area contributed by atoms with Crippen molar-refractivity contribution >= 4 is 17.2 Å². The van der Waals surface area contributed by atoms with Gasteiger partial charge in [-0.05, 0) is 30.5 Å². The van der Waals surface area contributed by atoms with Gasteiger partial charge < -0.3 is 19.9 Å². The molecule has 0 fully saturated rings. The molecule has 0 spiro atoms. The normalized spacial score (nSPS) is 13.5. The van der Waals surface area contributed by atoms with Gasteiger partial charge in [-0.25, -0.2) is 0 Å². The van der Waals surface area contributed by atoms with E-state index in [1.807, 2.05) is 18.2 Å². The Hall–Kier alpha value is -1.33. The Morgan fingerprint density at radius 3 is 2.85 bits per heavy atom. The fraction of sp³-hybridized carbons (Fsp3) is 0.533. The summed E-state index contributed by atoms with van der Waals surface area (Å²) in [5, 5.41) is 0. The number of thiocarbonyl (C=S) groups is 1. The third-order valence-electron chi connectivity index (χ3n) is 3.46. The summed E-state index contributed by atoms with van der Waals surface area (Å²) in [4.78, 5) is 0.563. The Kier molecular flexibility index (Phi) is 4.83. The minimum Gasteiger partial charge on any atom is -0.454 e. The average Bonchev–Trinajstić information content (AvgIpc) is 2.85. The van der Waals surface area contributed by atoms with Crippen LogP contribution < -0.4 is 15.2 Å². The van der Waals surface area contributed by atoms with Gasteiger partial charge in [-0.1, -0.05) is 32.1 Å². The lowest BCUT2D eigenvalue weighted by atomic mass is 9.88. The summed E-state index contributed by atoms with van der Waals surface area (Å²) in [7, 11) is 0. The van der Waals surface area contributed by atoms with Gasteiger partial charge in [0, 0.05) is 12.0 Å². The van der Waals surface area contributed by atoms with Gasteiger partial charge in [0.25, 0.3) is 0 Å². The highest BCUT2D eigenvalue weighted by Crippen LogP contribution is 2.32. The minimum absolute atomic E-state index is 0.0998. The van der Waals surface area contributed by atoms with Crippen LogP contribution >= 0.6 is 12.2 Å². The highest BCUT2D eigenvalue weighted by molar-refractivity contribution is 7.80. The summed E-state index contributed by atoms with van der Waals surface area (Å²) in [6.07, 6.45) is 1.87. The van der Waals surface area contributed by atoms with E-state index in [9.17, 15) is 0 Å². The van der Waals surface area contributed by atoms with E-state index in [0.29, 0.717) is 25.0 Å². The molecule has 0 amide bonds. The topological polar surface area (TPSA) is 53.7 Å². The van der Waals surface area contributed by atoms with Crippen molar-refractivity contribution in [1.82, 2.24) is 0 Å². The van der Waals surface area contributed by atoms with Crippen LogP contribution in [0.1, 0.15) is 32.3 Å². The monoisotopic (exact) mass is 295 g/mol. The molecule has 5 heteroatoms. The van der Waals surface area contributed by atoms with Crippen molar-refractivity contribution in [3.63, 3.8) is 0 Å². The van der Waals surface area contributed by atoms with E-state index in [4.69, 9.17) is 32.2 Å². The maximum atomic E-state index is 5.69. The molecule has 1 heterocycles. The first-order chi connectivity index (χ1) is 9.49. The average molecular weight is 295 g/mol. The number of nitrogens with two attached hydrogens (primary N) is 1. The smallest absolute Gasteiger partial charge is 0.231 e. The second-order valence-corrected chi connectivity index (χ2v) is 6.03. The second-order valence-electron chi connectivity index (χ2n) is 5.59. The van der Waals surface area contributed by atoms with Crippen molar-refractivity contribution in [2.45, 2.75) is 33.3 Å². The molecule has 0 radical (unpaired) electrons. The number of hydrogen-bond donors (Lipinski definition) is 1. The van der Waals surface area contributed by atoms with Crippen molar-refractivity contribution in [3.8, 4) is 11.5 Å².